The summed E-state index contributed by atoms with van der Waals surface area (Å²) in [6.45, 7) is 0.167. The predicted octanol–water partition coefficient (Wildman–Crippen LogP) is 4.41. The summed E-state index contributed by atoms with van der Waals surface area (Å²) in [6.07, 6.45) is 4.62. The number of rotatable bonds is 9. The van der Waals surface area contributed by atoms with Gasteiger partial charge in [0.15, 0.2) is 0 Å². The molecular formula is C27H32N2O5S. The zero-order chi connectivity index (χ0) is 24.8. The minimum absolute atomic E-state index is 0.0646. The Bertz CT molecular complexity index is 1030. The molecule has 0 bridgehead atoms. The molecular weight excluding hydrogens is 464 g/mol. The zero-order valence-electron chi connectivity index (χ0n) is 19.9. The molecule has 35 heavy (non-hydrogen) atoms. The lowest BCUT2D eigenvalue weighted by molar-refractivity contribution is -0.144. The highest BCUT2D eigenvalue weighted by Crippen LogP contribution is 2.44. The topological polar surface area (TPSA) is 105 Å². The number of hydrogen-bond acceptors (Lipinski definition) is 5. The third kappa shape index (κ3) is 5.81. The fraction of sp³-hybridized carbons (Fsp3) is 0.444. The van der Waals surface area contributed by atoms with Crippen LogP contribution in [0, 0.1) is 5.92 Å². The molecule has 0 spiro atoms. The van der Waals surface area contributed by atoms with E-state index in [9.17, 15) is 19.5 Å². The van der Waals surface area contributed by atoms with Crippen molar-refractivity contribution in [2.24, 2.45) is 5.92 Å². The van der Waals surface area contributed by atoms with Crippen LogP contribution in [0.4, 0.5) is 4.79 Å². The van der Waals surface area contributed by atoms with Crippen LogP contribution in [0.25, 0.3) is 11.1 Å². The number of fused-ring (bicyclic) bond motifs is 3. The Morgan fingerprint density at radius 1 is 1.03 bits per heavy atom. The lowest BCUT2D eigenvalue weighted by atomic mass is 9.84. The van der Waals surface area contributed by atoms with Gasteiger partial charge in [0, 0.05) is 12.0 Å². The highest BCUT2D eigenvalue weighted by atomic mass is 32.2. The number of benzene rings is 2. The van der Waals surface area contributed by atoms with E-state index in [1.807, 2.05) is 30.5 Å². The van der Waals surface area contributed by atoms with Gasteiger partial charge in [-0.1, -0.05) is 61.4 Å². The normalized spacial score (nSPS) is 19.8. The van der Waals surface area contributed by atoms with Gasteiger partial charge in [-0.05, 0) is 53.5 Å². The number of carbonyl (C=O) groups excluding carboxylic acids is 2. The maximum Gasteiger partial charge on any atom is 0.407 e. The Hall–Kier alpha value is -3.00. The number of alkyl carbamates (subject to hydrolysis) is 1. The van der Waals surface area contributed by atoms with Gasteiger partial charge in [-0.3, -0.25) is 9.59 Å². The van der Waals surface area contributed by atoms with Gasteiger partial charge in [-0.2, -0.15) is 11.8 Å². The van der Waals surface area contributed by atoms with Crippen LogP contribution < -0.4 is 10.6 Å². The SMILES string of the molecule is CSCCC(NC(=O)OCC1c2ccccc2-c2ccccc21)C(=O)N[C@@H]1CCCC[C@@H]1C(=O)O. The van der Waals surface area contributed by atoms with Crippen molar-refractivity contribution in [3.8, 4) is 11.1 Å². The lowest BCUT2D eigenvalue weighted by Crippen LogP contribution is -2.53. The summed E-state index contributed by atoms with van der Waals surface area (Å²) < 4.78 is 5.62. The van der Waals surface area contributed by atoms with E-state index in [2.05, 4.69) is 34.9 Å². The fourth-order valence-electron chi connectivity index (χ4n) is 5.17. The smallest absolute Gasteiger partial charge is 0.407 e. The Morgan fingerprint density at radius 2 is 1.66 bits per heavy atom. The molecule has 0 heterocycles. The lowest BCUT2D eigenvalue weighted by Gasteiger charge is -2.30. The Morgan fingerprint density at radius 3 is 2.29 bits per heavy atom. The van der Waals surface area contributed by atoms with Gasteiger partial charge in [0.25, 0.3) is 0 Å². The van der Waals surface area contributed by atoms with E-state index < -0.39 is 30.1 Å². The number of aliphatic carboxylic acids is 1. The third-order valence-electron chi connectivity index (χ3n) is 6.97. The van der Waals surface area contributed by atoms with E-state index in [4.69, 9.17) is 4.74 Å². The number of ether oxygens (including phenoxy) is 1. The van der Waals surface area contributed by atoms with Crippen molar-refractivity contribution in [3.05, 3.63) is 59.7 Å². The van der Waals surface area contributed by atoms with Crippen LogP contribution in [0.15, 0.2) is 48.5 Å². The van der Waals surface area contributed by atoms with Crippen LogP contribution in [0.2, 0.25) is 0 Å². The predicted molar refractivity (Wildman–Crippen MR) is 137 cm³/mol. The summed E-state index contributed by atoms with van der Waals surface area (Å²) >= 11 is 1.58. The molecule has 2 aromatic rings. The number of nitrogens with one attached hydrogen (secondary N) is 2. The van der Waals surface area contributed by atoms with E-state index in [1.54, 1.807) is 11.8 Å². The van der Waals surface area contributed by atoms with Gasteiger partial charge in [0.2, 0.25) is 5.91 Å². The average molecular weight is 497 g/mol. The first-order valence-corrected chi connectivity index (χ1v) is 13.5. The number of carboxylic acid groups (broad SMARTS) is 1. The molecule has 186 valence electrons. The van der Waals surface area contributed by atoms with Crippen LogP contribution in [-0.4, -0.2) is 53.8 Å². The largest absolute Gasteiger partial charge is 0.481 e. The van der Waals surface area contributed by atoms with Crippen LogP contribution in [0.5, 0.6) is 0 Å². The first-order valence-electron chi connectivity index (χ1n) is 12.1. The molecule has 2 aliphatic rings. The summed E-state index contributed by atoms with van der Waals surface area (Å²) in [5.74, 6) is -1.23. The van der Waals surface area contributed by atoms with Gasteiger partial charge in [-0.15, -0.1) is 0 Å². The highest BCUT2D eigenvalue weighted by Gasteiger charge is 2.34. The molecule has 0 aromatic heterocycles. The van der Waals surface area contributed by atoms with Gasteiger partial charge >= 0.3 is 12.1 Å². The molecule has 2 amide bonds. The second-order valence-electron chi connectivity index (χ2n) is 9.15. The first kappa shape index (κ1) is 25.1. The van der Waals surface area contributed by atoms with Gasteiger partial charge in [0.1, 0.15) is 12.6 Å². The molecule has 1 fully saturated rings. The molecule has 1 saturated carbocycles. The number of thioether (sulfide) groups is 1. The number of amides is 2. The van der Waals surface area contributed by atoms with Crippen LogP contribution in [-0.2, 0) is 14.3 Å². The molecule has 1 unspecified atom stereocenters. The maximum atomic E-state index is 13.0. The number of hydrogen-bond donors (Lipinski definition) is 3. The molecule has 0 saturated heterocycles. The minimum Gasteiger partial charge on any atom is -0.481 e. The Balaban J connectivity index is 1.39. The van der Waals surface area contributed by atoms with Crippen LogP contribution in [0.1, 0.15) is 49.1 Å². The highest BCUT2D eigenvalue weighted by molar-refractivity contribution is 7.98. The Labute approximate surface area is 210 Å². The molecule has 2 aliphatic carbocycles. The van der Waals surface area contributed by atoms with Crippen molar-refractivity contribution in [1.29, 1.82) is 0 Å². The van der Waals surface area contributed by atoms with Crippen molar-refractivity contribution < 1.29 is 24.2 Å². The van der Waals surface area contributed by atoms with E-state index in [1.165, 1.54) is 0 Å². The fourth-order valence-corrected chi connectivity index (χ4v) is 5.64. The second-order valence-corrected chi connectivity index (χ2v) is 10.1. The average Bonchev–Trinajstić information content (AvgIpc) is 3.19. The van der Waals surface area contributed by atoms with Crippen molar-refractivity contribution in [2.75, 3.05) is 18.6 Å². The summed E-state index contributed by atoms with van der Waals surface area (Å²) in [4.78, 5) is 37.4. The van der Waals surface area contributed by atoms with E-state index >= 15 is 0 Å². The monoisotopic (exact) mass is 496 g/mol. The Kier molecular flexibility index (Phi) is 8.33. The third-order valence-corrected chi connectivity index (χ3v) is 7.62. The first-order chi connectivity index (χ1) is 17.0. The zero-order valence-corrected chi connectivity index (χ0v) is 20.7. The van der Waals surface area contributed by atoms with Crippen molar-refractivity contribution in [1.82, 2.24) is 10.6 Å². The molecule has 0 aliphatic heterocycles. The molecule has 3 atom stereocenters. The summed E-state index contributed by atoms with van der Waals surface area (Å²) in [6, 6.07) is 15.0. The number of carboxylic acids is 1. The molecule has 8 heteroatoms. The molecule has 3 N–H and O–H groups in total. The quantitative estimate of drug-likeness (QED) is 0.475. The standard InChI is InChI=1S/C27H32N2O5S/c1-35-15-14-24(25(30)28-23-13-7-6-12-21(23)26(31)32)29-27(33)34-16-22-19-10-4-2-8-17(19)18-9-3-5-11-20(18)22/h2-5,8-11,21-24H,6-7,12-16H2,1H3,(H,28,30)(H,29,33)(H,31,32)/t21-,23+,24?/m0/s1. The van der Waals surface area contributed by atoms with Crippen LogP contribution >= 0.6 is 11.8 Å². The second kappa shape index (κ2) is 11.6. The van der Waals surface area contributed by atoms with Gasteiger partial charge in [-0.25, -0.2) is 4.79 Å². The van der Waals surface area contributed by atoms with Crippen LogP contribution in [0.3, 0.4) is 0 Å². The van der Waals surface area contributed by atoms with Crippen molar-refractivity contribution in [2.45, 2.75) is 50.1 Å². The maximum absolute atomic E-state index is 13.0. The minimum atomic E-state index is -0.889. The molecule has 2 aromatic carbocycles. The van der Waals surface area contributed by atoms with E-state index in [-0.39, 0.29) is 18.4 Å². The molecule has 0 radical (unpaired) electrons. The summed E-state index contributed by atoms with van der Waals surface area (Å²) in [7, 11) is 0. The van der Waals surface area contributed by atoms with Gasteiger partial charge < -0.3 is 20.5 Å². The van der Waals surface area contributed by atoms with Gasteiger partial charge in [0.05, 0.1) is 5.92 Å². The molecule has 4 rings (SSSR count). The van der Waals surface area contributed by atoms with Crippen molar-refractivity contribution >= 4 is 29.7 Å². The van der Waals surface area contributed by atoms with E-state index in [0.717, 1.165) is 35.1 Å². The summed E-state index contributed by atoms with van der Waals surface area (Å²) in [5, 5.41) is 15.1. The molecule has 7 nitrogen and oxygen atoms in total. The van der Waals surface area contributed by atoms with Crippen molar-refractivity contribution in [3.63, 3.8) is 0 Å². The number of carbonyl (C=O) groups is 3. The van der Waals surface area contributed by atoms with E-state index in [0.29, 0.717) is 25.0 Å². The summed E-state index contributed by atoms with van der Waals surface area (Å²) in [5.41, 5.74) is 4.54.